The molecule has 8 nitrogen and oxygen atoms in total. The zero-order chi connectivity index (χ0) is 20.8. The maximum absolute atomic E-state index is 13.3. The van der Waals surface area contributed by atoms with Crippen LogP contribution in [0, 0.1) is 13.8 Å². The zero-order valence-corrected chi connectivity index (χ0v) is 17.0. The van der Waals surface area contributed by atoms with E-state index < -0.39 is 16.0 Å². The van der Waals surface area contributed by atoms with Gasteiger partial charge in [-0.15, -0.1) is 0 Å². The monoisotopic (exact) mass is 403 g/mol. The number of rotatable bonds is 5. The van der Waals surface area contributed by atoms with Crippen molar-refractivity contribution in [2.24, 2.45) is 7.05 Å². The van der Waals surface area contributed by atoms with Crippen LogP contribution in [-0.4, -0.2) is 43.2 Å². The number of hydrogen-bond donors (Lipinski definition) is 1. The number of para-hydroxylation sites is 1. The molecule has 0 bridgehead atoms. The third-order valence-electron chi connectivity index (χ3n) is 4.69. The SMILES string of the molecule is COc1cc(C)c(S(=O)(=O)N(C)c2nc3c(C(=O)O)cccc3n2C)c(C)c1. The number of aromatic carboxylic acids is 1. The summed E-state index contributed by atoms with van der Waals surface area (Å²) < 4.78 is 34.5. The Kier molecular flexibility index (Phi) is 4.80. The molecule has 2 aromatic carbocycles. The van der Waals surface area contributed by atoms with Crippen LogP contribution in [0.15, 0.2) is 35.2 Å². The van der Waals surface area contributed by atoms with E-state index in [1.54, 1.807) is 49.7 Å². The first kappa shape index (κ1) is 19.7. The summed E-state index contributed by atoms with van der Waals surface area (Å²) in [7, 11) is 0.639. The lowest BCUT2D eigenvalue weighted by Gasteiger charge is -2.21. The molecule has 3 rings (SSSR count). The highest BCUT2D eigenvalue weighted by atomic mass is 32.2. The summed E-state index contributed by atoms with van der Waals surface area (Å²) in [5.74, 6) is -0.425. The summed E-state index contributed by atoms with van der Waals surface area (Å²) in [6.45, 7) is 3.40. The van der Waals surface area contributed by atoms with Crippen LogP contribution in [0.25, 0.3) is 11.0 Å². The van der Waals surface area contributed by atoms with Gasteiger partial charge in [0.15, 0.2) is 0 Å². The van der Waals surface area contributed by atoms with Crippen LogP contribution in [0.3, 0.4) is 0 Å². The molecule has 1 heterocycles. The van der Waals surface area contributed by atoms with Crippen molar-refractivity contribution >= 4 is 33.0 Å². The summed E-state index contributed by atoms with van der Waals surface area (Å²) in [5, 5.41) is 9.39. The molecular weight excluding hydrogens is 382 g/mol. The first-order valence-electron chi connectivity index (χ1n) is 8.42. The number of fused-ring (bicyclic) bond motifs is 1. The van der Waals surface area contributed by atoms with Crippen molar-refractivity contribution in [3.63, 3.8) is 0 Å². The number of methoxy groups -OCH3 is 1. The topological polar surface area (TPSA) is 102 Å². The summed E-state index contributed by atoms with van der Waals surface area (Å²) >= 11 is 0. The van der Waals surface area contributed by atoms with E-state index in [1.165, 1.54) is 20.2 Å². The Labute approximate surface area is 163 Å². The van der Waals surface area contributed by atoms with Gasteiger partial charge in [0.1, 0.15) is 11.3 Å². The molecule has 0 aliphatic rings. The molecule has 0 aliphatic heterocycles. The Balaban J connectivity index is 2.19. The number of carbonyl (C=O) groups is 1. The molecule has 1 N–H and O–H groups in total. The summed E-state index contributed by atoms with van der Waals surface area (Å²) in [4.78, 5) is 16.0. The van der Waals surface area contributed by atoms with Crippen LogP contribution in [0.1, 0.15) is 21.5 Å². The van der Waals surface area contributed by atoms with Crippen molar-refractivity contribution in [1.29, 1.82) is 0 Å². The van der Waals surface area contributed by atoms with E-state index >= 15 is 0 Å². The number of imidazole rings is 1. The molecule has 9 heteroatoms. The number of sulfonamides is 1. The maximum Gasteiger partial charge on any atom is 0.337 e. The van der Waals surface area contributed by atoms with Crippen molar-refractivity contribution < 1.29 is 23.1 Å². The Bertz CT molecular complexity index is 1170. The van der Waals surface area contributed by atoms with Crippen molar-refractivity contribution in [1.82, 2.24) is 9.55 Å². The minimum absolute atomic E-state index is 0.0157. The average molecular weight is 403 g/mol. The Hall–Kier alpha value is -3.07. The lowest BCUT2D eigenvalue weighted by atomic mass is 10.1. The fraction of sp³-hybridized carbons (Fsp3) is 0.263. The lowest BCUT2D eigenvalue weighted by molar-refractivity contribution is 0.0699. The summed E-state index contributed by atoms with van der Waals surface area (Å²) in [6.07, 6.45) is 0. The van der Waals surface area contributed by atoms with Crippen molar-refractivity contribution in [2.75, 3.05) is 18.5 Å². The second kappa shape index (κ2) is 6.83. The number of aromatic nitrogens is 2. The van der Waals surface area contributed by atoms with Crippen LogP contribution in [0.4, 0.5) is 5.95 Å². The molecule has 3 aromatic rings. The van der Waals surface area contributed by atoms with Crippen molar-refractivity contribution in [2.45, 2.75) is 18.7 Å². The molecule has 0 fully saturated rings. The molecular formula is C19H21N3O5S. The smallest absolute Gasteiger partial charge is 0.337 e. The number of aryl methyl sites for hydroxylation is 3. The van der Waals surface area contributed by atoms with E-state index in [-0.39, 0.29) is 21.9 Å². The number of ether oxygens (including phenoxy) is 1. The van der Waals surface area contributed by atoms with E-state index in [1.807, 2.05) is 0 Å². The number of carboxylic acid groups (broad SMARTS) is 1. The van der Waals surface area contributed by atoms with Gasteiger partial charge in [-0.25, -0.2) is 22.5 Å². The molecule has 28 heavy (non-hydrogen) atoms. The Morgan fingerprint density at radius 3 is 2.36 bits per heavy atom. The minimum Gasteiger partial charge on any atom is -0.497 e. The molecule has 0 saturated heterocycles. The maximum atomic E-state index is 13.3. The van der Waals surface area contributed by atoms with Crippen LogP contribution < -0.4 is 9.04 Å². The van der Waals surface area contributed by atoms with E-state index in [0.717, 1.165) is 4.31 Å². The van der Waals surface area contributed by atoms with E-state index in [0.29, 0.717) is 22.4 Å². The molecule has 0 aliphatic carbocycles. The zero-order valence-electron chi connectivity index (χ0n) is 16.2. The second-order valence-electron chi connectivity index (χ2n) is 6.51. The number of anilines is 1. The van der Waals surface area contributed by atoms with Crippen LogP contribution in [0.5, 0.6) is 5.75 Å². The number of benzene rings is 2. The number of carboxylic acids is 1. The highest BCUT2D eigenvalue weighted by Crippen LogP contribution is 2.31. The van der Waals surface area contributed by atoms with E-state index in [4.69, 9.17) is 4.74 Å². The molecule has 0 saturated carbocycles. The highest BCUT2D eigenvalue weighted by molar-refractivity contribution is 7.92. The van der Waals surface area contributed by atoms with Gasteiger partial charge in [-0.1, -0.05) is 6.07 Å². The van der Waals surface area contributed by atoms with Gasteiger partial charge >= 0.3 is 5.97 Å². The fourth-order valence-corrected chi connectivity index (χ4v) is 4.92. The van der Waals surface area contributed by atoms with Crippen LogP contribution in [0.2, 0.25) is 0 Å². The normalized spacial score (nSPS) is 11.6. The molecule has 0 unspecified atom stereocenters. The molecule has 1 aromatic heterocycles. The van der Waals surface area contributed by atoms with Gasteiger partial charge in [-0.2, -0.15) is 0 Å². The van der Waals surface area contributed by atoms with Gasteiger partial charge in [0.05, 0.1) is 23.1 Å². The Morgan fingerprint density at radius 2 is 1.82 bits per heavy atom. The first-order chi connectivity index (χ1) is 13.1. The quantitative estimate of drug-likeness (QED) is 0.703. The highest BCUT2D eigenvalue weighted by Gasteiger charge is 2.29. The molecule has 0 spiro atoms. The van der Waals surface area contributed by atoms with Crippen LogP contribution >= 0.6 is 0 Å². The predicted octanol–water partition coefficient (Wildman–Crippen LogP) is 2.72. The third kappa shape index (κ3) is 2.97. The minimum atomic E-state index is -3.93. The standard InChI is InChI=1S/C19H21N3O5S/c1-11-9-13(27-5)10-12(2)17(11)28(25,26)22(4)19-20-16-14(18(23)24)7-6-8-15(16)21(19)3/h6-10H,1-5H3,(H,23,24). The van der Waals surface area contributed by atoms with E-state index in [2.05, 4.69) is 4.98 Å². The van der Waals surface area contributed by atoms with Gasteiger partial charge in [0, 0.05) is 14.1 Å². The lowest BCUT2D eigenvalue weighted by Crippen LogP contribution is -2.30. The van der Waals surface area contributed by atoms with Gasteiger partial charge in [0.2, 0.25) is 5.95 Å². The number of nitrogens with zero attached hydrogens (tertiary/aromatic N) is 3. The fourth-order valence-electron chi connectivity index (χ4n) is 3.34. The van der Waals surface area contributed by atoms with Crippen molar-refractivity contribution in [3.8, 4) is 5.75 Å². The summed E-state index contributed by atoms with van der Waals surface area (Å²) in [5.41, 5.74) is 1.88. The van der Waals surface area contributed by atoms with Gasteiger partial charge in [0.25, 0.3) is 10.0 Å². The predicted molar refractivity (Wildman–Crippen MR) is 106 cm³/mol. The molecule has 0 amide bonds. The number of hydrogen-bond acceptors (Lipinski definition) is 5. The summed E-state index contributed by atoms with van der Waals surface area (Å²) in [6, 6.07) is 8.05. The van der Waals surface area contributed by atoms with E-state index in [9.17, 15) is 18.3 Å². The molecule has 0 atom stereocenters. The molecule has 148 valence electrons. The second-order valence-corrected chi connectivity index (χ2v) is 8.42. The largest absolute Gasteiger partial charge is 0.497 e. The van der Waals surface area contributed by atoms with Gasteiger partial charge < -0.3 is 14.4 Å². The van der Waals surface area contributed by atoms with Gasteiger partial charge in [-0.05, 0) is 49.2 Å². The average Bonchev–Trinajstić information content (AvgIpc) is 2.96. The van der Waals surface area contributed by atoms with Crippen LogP contribution in [-0.2, 0) is 17.1 Å². The van der Waals surface area contributed by atoms with Gasteiger partial charge in [-0.3, -0.25) is 0 Å². The third-order valence-corrected chi connectivity index (χ3v) is 6.73. The first-order valence-corrected chi connectivity index (χ1v) is 9.86. The Morgan fingerprint density at radius 1 is 1.21 bits per heavy atom. The van der Waals surface area contributed by atoms with Crippen molar-refractivity contribution in [3.05, 3.63) is 47.0 Å². The molecule has 0 radical (unpaired) electrons.